The zero-order chi connectivity index (χ0) is 13.7. The van der Waals surface area contributed by atoms with Gasteiger partial charge in [0.05, 0.1) is 0 Å². The number of halogens is 1. The maximum Gasteiger partial charge on any atom is 0.222 e. The van der Waals surface area contributed by atoms with Gasteiger partial charge in [0.15, 0.2) is 0 Å². The number of carbonyl (C=O) groups excluding carboxylic acids is 1. The highest BCUT2D eigenvalue weighted by Gasteiger charge is 2.24. The van der Waals surface area contributed by atoms with Gasteiger partial charge in [0.2, 0.25) is 5.91 Å². The molecule has 1 aliphatic rings. The maximum absolute atomic E-state index is 12.1. The van der Waals surface area contributed by atoms with Gasteiger partial charge >= 0.3 is 0 Å². The summed E-state index contributed by atoms with van der Waals surface area (Å²) in [5.74, 6) is 2.21. The fourth-order valence-corrected chi connectivity index (χ4v) is 2.71. The van der Waals surface area contributed by atoms with Crippen molar-refractivity contribution in [3.8, 4) is 0 Å². The molecule has 114 valence electrons. The Hall–Kier alpha value is -0.280. The molecule has 4 heteroatoms. The van der Waals surface area contributed by atoms with E-state index in [1.54, 1.807) is 0 Å². The van der Waals surface area contributed by atoms with E-state index in [0.717, 1.165) is 25.3 Å². The molecule has 1 rings (SSSR count). The van der Waals surface area contributed by atoms with Crippen molar-refractivity contribution in [1.29, 1.82) is 0 Å². The third-order valence-electron chi connectivity index (χ3n) is 4.35. The van der Waals surface area contributed by atoms with Crippen LogP contribution in [0.15, 0.2) is 0 Å². The van der Waals surface area contributed by atoms with Crippen LogP contribution in [-0.2, 0) is 4.79 Å². The van der Waals surface area contributed by atoms with Crippen LogP contribution >= 0.6 is 12.4 Å². The van der Waals surface area contributed by atoms with Gasteiger partial charge in [-0.3, -0.25) is 4.79 Å². The van der Waals surface area contributed by atoms with Crippen LogP contribution in [0.2, 0.25) is 0 Å². The summed E-state index contributed by atoms with van der Waals surface area (Å²) in [6, 6.07) is 0.201. The van der Waals surface area contributed by atoms with Crippen LogP contribution < -0.4 is 5.73 Å². The first kappa shape index (κ1) is 18.7. The summed E-state index contributed by atoms with van der Waals surface area (Å²) in [5, 5.41) is 0. The molecule has 0 aromatic heterocycles. The largest absolute Gasteiger partial charge is 0.346 e. The molecular weight excluding hydrogens is 260 g/mol. The van der Waals surface area contributed by atoms with Crippen molar-refractivity contribution in [3.05, 3.63) is 0 Å². The van der Waals surface area contributed by atoms with E-state index in [1.165, 1.54) is 19.3 Å². The molecule has 1 amide bonds. The molecule has 19 heavy (non-hydrogen) atoms. The highest BCUT2D eigenvalue weighted by atomic mass is 35.5. The van der Waals surface area contributed by atoms with Gasteiger partial charge < -0.3 is 10.6 Å². The Kier molecular flexibility index (Phi) is 8.67. The monoisotopic (exact) mass is 290 g/mol. The number of nitrogens with two attached hydrogens (primary N) is 1. The van der Waals surface area contributed by atoms with Crippen molar-refractivity contribution in [1.82, 2.24) is 4.90 Å². The minimum atomic E-state index is 0. The second-order valence-corrected chi connectivity index (χ2v) is 6.50. The Labute approximate surface area is 124 Å². The lowest BCUT2D eigenvalue weighted by atomic mass is 10.0. The molecule has 0 heterocycles. The Morgan fingerprint density at radius 3 is 2.47 bits per heavy atom. The van der Waals surface area contributed by atoms with Crippen molar-refractivity contribution in [2.45, 2.75) is 58.9 Å². The van der Waals surface area contributed by atoms with E-state index in [-0.39, 0.29) is 18.4 Å². The van der Waals surface area contributed by atoms with E-state index in [9.17, 15) is 4.79 Å². The number of amides is 1. The van der Waals surface area contributed by atoms with Crippen LogP contribution in [0.3, 0.4) is 0 Å². The minimum absolute atomic E-state index is 0. The first-order valence-corrected chi connectivity index (χ1v) is 7.39. The Balaban J connectivity index is 0.00000324. The average molecular weight is 291 g/mol. The second kappa shape index (κ2) is 8.80. The molecule has 3 atom stereocenters. The van der Waals surface area contributed by atoms with Crippen LogP contribution in [0, 0.1) is 17.8 Å². The lowest BCUT2D eigenvalue weighted by Crippen LogP contribution is -2.35. The van der Waals surface area contributed by atoms with Crippen molar-refractivity contribution >= 4 is 18.3 Å². The fraction of sp³-hybridized carbons (Fsp3) is 0.933. The predicted molar refractivity (Wildman–Crippen MR) is 83.4 cm³/mol. The SMILES string of the molecule is CC1CCC(CC(=O)N(C)CCC(N)C(C)C)C1.Cl. The molecule has 0 saturated heterocycles. The van der Waals surface area contributed by atoms with Crippen LogP contribution in [0.4, 0.5) is 0 Å². The summed E-state index contributed by atoms with van der Waals surface area (Å²) >= 11 is 0. The number of hydrogen-bond donors (Lipinski definition) is 1. The molecule has 3 unspecified atom stereocenters. The van der Waals surface area contributed by atoms with Crippen molar-refractivity contribution in [3.63, 3.8) is 0 Å². The minimum Gasteiger partial charge on any atom is -0.346 e. The van der Waals surface area contributed by atoms with E-state index < -0.39 is 0 Å². The van der Waals surface area contributed by atoms with E-state index in [0.29, 0.717) is 17.7 Å². The Morgan fingerprint density at radius 2 is 2.00 bits per heavy atom. The standard InChI is InChI=1S/C15H30N2O.ClH/c1-11(2)14(16)7-8-17(4)15(18)10-13-6-5-12(3)9-13;/h11-14H,5-10,16H2,1-4H3;1H. The Morgan fingerprint density at radius 1 is 1.37 bits per heavy atom. The third-order valence-corrected chi connectivity index (χ3v) is 4.35. The lowest BCUT2D eigenvalue weighted by Gasteiger charge is -2.22. The highest BCUT2D eigenvalue weighted by molar-refractivity contribution is 5.85. The van der Waals surface area contributed by atoms with Crippen LogP contribution in [0.1, 0.15) is 52.9 Å². The number of rotatable bonds is 6. The zero-order valence-electron chi connectivity index (χ0n) is 12.9. The molecule has 1 saturated carbocycles. The molecular formula is C15H31ClN2O. The van der Waals surface area contributed by atoms with Crippen molar-refractivity contribution in [2.24, 2.45) is 23.5 Å². The van der Waals surface area contributed by atoms with Gasteiger partial charge in [-0.2, -0.15) is 0 Å². The van der Waals surface area contributed by atoms with Gasteiger partial charge in [-0.1, -0.05) is 27.2 Å². The normalized spacial score (nSPS) is 24.1. The topological polar surface area (TPSA) is 46.3 Å². The molecule has 2 N–H and O–H groups in total. The van der Waals surface area contributed by atoms with Crippen LogP contribution in [0.5, 0.6) is 0 Å². The predicted octanol–water partition coefficient (Wildman–Crippen LogP) is 3.07. The summed E-state index contributed by atoms with van der Waals surface area (Å²) in [7, 11) is 1.91. The van der Waals surface area contributed by atoms with E-state index in [1.807, 2.05) is 11.9 Å². The van der Waals surface area contributed by atoms with E-state index in [4.69, 9.17) is 5.73 Å². The van der Waals surface area contributed by atoms with Gasteiger partial charge in [-0.15, -0.1) is 12.4 Å². The molecule has 1 fully saturated rings. The van der Waals surface area contributed by atoms with Crippen molar-refractivity contribution < 1.29 is 4.79 Å². The smallest absolute Gasteiger partial charge is 0.222 e. The van der Waals surface area contributed by atoms with Gasteiger partial charge in [0, 0.05) is 26.1 Å². The average Bonchev–Trinajstić information content (AvgIpc) is 2.70. The molecule has 0 aromatic rings. The zero-order valence-corrected chi connectivity index (χ0v) is 13.7. The quantitative estimate of drug-likeness (QED) is 0.817. The third kappa shape index (κ3) is 6.62. The van der Waals surface area contributed by atoms with Gasteiger partial charge in [-0.25, -0.2) is 0 Å². The van der Waals surface area contributed by atoms with Crippen LogP contribution in [-0.4, -0.2) is 30.4 Å². The van der Waals surface area contributed by atoms with Gasteiger partial charge in [-0.05, 0) is 37.0 Å². The molecule has 0 aromatic carbocycles. The first-order valence-electron chi connectivity index (χ1n) is 7.39. The number of nitrogens with zero attached hydrogens (tertiary/aromatic N) is 1. The maximum atomic E-state index is 12.1. The molecule has 3 nitrogen and oxygen atoms in total. The van der Waals surface area contributed by atoms with E-state index >= 15 is 0 Å². The summed E-state index contributed by atoms with van der Waals surface area (Å²) in [5.41, 5.74) is 6.01. The first-order chi connectivity index (χ1) is 8.40. The number of hydrogen-bond acceptors (Lipinski definition) is 2. The van der Waals surface area contributed by atoms with Crippen molar-refractivity contribution in [2.75, 3.05) is 13.6 Å². The summed E-state index contributed by atoms with van der Waals surface area (Å²) in [4.78, 5) is 13.9. The lowest BCUT2D eigenvalue weighted by molar-refractivity contribution is -0.131. The second-order valence-electron chi connectivity index (χ2n) is 6.50. The fourth-order valence-electron chi connectivity index (χ4n) is 2.71. The summed E-state index contributed by atoms with van der Waals surface area (Å²) < 4.78 is 0. The Bertz CT molecular complexity index is 271. The van der Waals surface area contributed by atoms with Gasteiger partial charge in [0.25, 0.3) is 0 Å². The summed E-state index contributed by atoms with van der Waals surface area (Å²) in [6.45, 7) is 7.34. The van der Waals surface area contributed by atoms with Gasteiger partial charge in [0.1, 0.15) is 0 Å². The number of carbonyl (C=O) groups is 1. The summed E-state index contributed by atoms with van der Waals surface area (Å²) in [6.07, 6.45) is 5.38. The molecule has 0 spiro atoms. The van der Waals surface area contributed by atoms with Crippen LogP contribution in [0.25, 0.3) is 0 Å². The molecule has 0 radical (unpaired) electrons. The highest BCUT2D eigenvalue weighted by Crippen LogP contribution is 2.32. The van der Waals surface area contributed by atoms with E-state index in [2.05, 4.69) is 20.8 Å². The molecule has 0 aliphatic heterocycles. The molecule has 1 aliphatic carbocycles. The molecule has 0 bridgehead atoms.